The zero-order valence-corrected chi connectivity index (χ0v) is 14.2. The highest BCUT2D eigenvalue weighted by Crippen LogP contribution is 2.30. The molecule has 1 aromatic heterocycles. The number of ether oxygens (including phenoxy) is 1. The van der Waals surface area contributed by atoms with E-state index in [0.29, 0.717) is 28.2 Å². The third-order valence-corrected chi connectivity index (χ3v) is 3.49. The number of rotatable bonds is 2. The molecular formula is C16H19ClN2O4. The lowest BCUT2D eigenvalue weighted by atomic mass is 10.2. The summed E-state index contributed by atoms with van der Waals surface area (Å²) >= 11 is 6.11. The fourth-order valence-electron chi connectivity index (χ4n) is 2.24. The zero-order chi connectivity index (χ0) is 17.4. The summed E-state index contributed by atoms with van der Waals surface area (Å²) in [5, 5.41) is 10.0. The van der Waals surface area contributed by atoms with Crippen LogP contribution >= 0.6 is 11.6 Å². The van der Waals surface area contributed by atoms with Crippen LogP contribution in [0.4, 0.5) is 15.3 Å². The van der Waals surface area contributed by atoms with E-state index in [0.717, 1.165) is 4.57 Å². The summed E-state index contributed by atoms with van der Waals surface area (Å²) in [4.78, 5) is 25.0. The highest BCUT2D eigenvalue weighted by molar-refractivity contribution is 6.36. The van der Waals surface area contributed by atoms with Gasteiger partial charge >= 0.3 is 12.2 Å². The van der Waals surface area contributed by atoms with Crippen LogP contribution in [-0.4, -0.2) is 34.0 Å². The summed E-state index contributed by atoms with van der Waals surface area (Å²) in [5.41, 5.74) is 0.463. The van der Waals surface area contributed by atoms with Crippen LogP contribution in [0.1, 0.15) is 27.7 Å². The zero-order valence-electron chi connectivity index (χ0n) is 13.5. The van der Waals surface area contributed by atoms with Gasteiger partial charge in [0.05, 0.1) is 10.5 Å². The Balaban J connectivity index is 2.44. The topological polar surface area (TPSA) is 71.8 Å². The molecule has 2 rings (SSSR count). The Hall–Kier alpha value is -2.21. The largest absolute Gasteiger partial charge is 0.464 e. The van der Waals surface area contributed by atoms with Crippen LogP contribution in [0, 0.1) is 0 Å². The summed E-state index contributed by atoms with van der Waals surface area (Å²) in [6.45, 7) is 7.64. The minimum Gasteiger partial charge on any atom is -0.464 e. The van der Waals surface area contributed by atoms with Crippen molar-refractivity contribution >= 4 is 40.4 Å². The molecule has 0 radical (unpaired) electrons. The van der Waals surface area contributed by atoms with Crippen molar-refractivity contribution in [2.45, 2.75) is 33.3 Å². The smallest absolute Gasteiger partial charge is 0.416 e. The van der Waals surface area contributed by atoms with E-state index in [1.54, 1.807) is 39.0 Å². The Bertz CT molecular complexity index is 761. The van der Waals surface area contributed by atoms with E-state index < -0.39 is 17.8 Å². The Morgan fingerprint density at radius 1 is 1.35 bits per heavy atom. The number of hydrogen-bond acceptors (Lipinski definition) is 3. The number of carbonyl (C=O) groups excluding carboxylic acids is 1. The lowest BCUT2D eigenvalue weighted by Crippen LogP contribution is -2.36. The third-order valence-electron chi connectivity index (χ3n) is 3.19. The Morgan fingerprint density at radius 3 is 2.52 bits per heavy atom. The highest BCUT2D eigenvalue weighted by Gasteiger charge is 2.23. The average molecular weight is 339 g/mol. The van der Waals surface area contributed by atoms with Crippen molar-refractivity contribution in [2.24, 2.45) is 0 Å². The molecule has 0 aliphatic heterocycles. The van der Waals surface area contributed by atoms with Gasteiger partial charge in [-0.3, -0.25) is 9.47 Å². The van der Waals surface area contributed by atoms with Crippen LogP contribution in [0.15, 0.2) is 24.4 Å². The van der Waals surface area contributed by atoms with Crippen molar-refractivity contribution in [3.05, 3.63) is 29.4 Å². The average Bonchev–Trinajstić information content (AvgIpc) is 2.75. The first-order valence-electron chi connectivity index (χ1n) is 7.18. The lowest BCUT2D eigenvalue weighted by Gasteiger charge is -2.26. The molecule has 2 aromatic rings. The number of aromatic nitrogens is 1. The second kappa shape index (κ2) is 6.12. The molecule has 1 N–H and O–H groups in total. The van der Waals surface area contributed by atoms with E-state index >= 15 is 0 Å². The Morgan fingerprint density at radius 2 is 2.00 bits per heavy atom. The first-order valence-corrected chi connectivity index (χ1v) is 7.56. The first-order chi connectivity index (χ1) is 10.6. The van der Waals surface area contributed by atoms with Crippen LogP contribution in [0.5, 0.6) is 0 Å². The predicted molar refractivity (Wildman–Crippen MR) is 89.6 cm³/mol. The number of carboxylic acid groups (broad SMARTS) is 1. The maximum atomic E-state index is 12.3. The molecule has 1 amide bonds. The molecule has 0 saturated heterocycles. The Labute approximate surface area is 139 Å². The number of nitrogens with zero attached hydrogens (tertiary/aromatic N) is 2. The quantitative estimate of drug-likeness (QED) is 0.869. The van der Waals surface area contributed by atoms with Crippen molar-refractivity contribution in [1.82, 2.24) is 4.57 Å². The molecule has 124 valence electrons. The van der Waals surface area contributed by atoms with Gasteiger partial charge < -0.3 is 9.84 Å². The normalized spacial score (nSPS) is 11.5. The maximum Gasteiger partial charge on any atom is 0.416 e. The summed E-state index contributed by atoms with van der Waals surface area (Å²) in [7, 11) is 0. The maximum absolute atomic E-state index is 12.3. The number of carbonyl (C=O) groups is 2. The molecule has 0 bridgehead atoms. The molecule has 0 aliphatic carbocycles. The molecule has 0 fully saturated rings. The van der Waals surface area contributed by atoms with Gasteiger partial charge in [0.2, 0.25) is 0 Å². The van der Waals surface area contributed by atoms with Crippen molar-refractivity contribution in [2.75, 3.05) is 11.4 Å². The van der Waals surface area contributed by atoms with E-state index in [1.807, 2.05) is 6.92 Å². The third kappa shape index (κ3) is 3.59. The van der Waals surface area contributed by atoms with E-state index in [4.69, 9.17) is 21.4 Å². The van der Waals surface area contributed by atoms with E-state index in [9.17, 15) is 9.59 Å². The van der Waals surface area contributed by atoms with Crippen LogP contribution in [0.2, 0.25) is 5.02 Å². The molecule has 6 nitrogen and oxygen atoms in total. The molecule has 0 spiro atoms. The van der Waals surface area contributed by atoms with E-state index in [1.165, 1.54) is 11.1 Å². The second-order valence-corrected chi connectivity index (χ2v) is 6.46. The van der Waals surface area contributed by atoms with Crippen LogP contribution in [0.25, 0.3) is 10.9 Å². The summed E-state index contributed by atoms with van der Waals surface area (Å²) in [5.74, 6) is 0. The van der Waals surface area contributed by atoms with Gasteiger partial charge in [-0.05, 0) is 45.9 Å². The lowest BCUT2D eigenvalue weighted by molar-refractivity contribution is 0.0582. The Kier molecular flexibility index (Phi) is 4.56. The second-order valence-electron chi connectivity index (χ2n) is 6.06. The number of amides is 1. The number of fused-ring (bicyclic) bond motifs is 1. The molecule has 0 unspecified atom stereocenters. The van der Waals surface area contributed by atoms with Gasteiger partial charge in [-0.15, -0.1) is 0 Å². The molecule has 0 aliphatic rings. The summed E-state index contributed by atoms with van der Waals surface area (Å²) < 4.78 is 6.43. The fraction of sp³-hybridized carbons (Fsp3) is 0.375. The van der Waals surface area contributed by atoms with Gasteiger partial charge in [-0.2, -0.15) is 0 Å². The molecule has 0 saturated carbocycles. The van der Waals surface area contributed by atoms with Gasteiger partial charge in [0.15, 0.2) is 0 Å². The standard InChI is InChI=1S/C16H19ClN2O4/c1-5-18(15(22)23-16(2,3)4)10-6-7-13-11(8-10)12(17)9-19(13)14(20)21/h6-9H,5H2,1-4H3,(H,20,21). The monoisotopic (exact) mass is 338 g/mol. The van der Waals surface area contributed by atoms with Gasteiger partial charge in [0.1, 0.15) is 5.60 Å². The predicted octanol–water partition coefficient (Wildman–Crippen LogP) is 4.58. The fourth-order valence-corrected chi connectivity index (χ4v) is 2.49. The number of hydrogen-bond donors (Lipinski definition) is 1. The number of halogens is 1. The van der Waals surface area contributed by atoms with Gasteiger partial charge in [0.25, 0.3) is 0 Å². The molecule has 1 heterocycles. The number of benzene rings is 1. The summed E-state index contributed by atoms with van der Waals surface area (Å²) in [6, 6.07) is 4.98. The van der Waals surface area contributed by atoms with Crippen LogP contribution in [0.3, 0.4) is 0 Å². The van der Waals surface area contributed by atoms with Crippen molar-refractivity contribution in [3.63, 3.8) is 0 Å². The van der Waals surface area contributed by atoms with Crippen LogP contribution in [-0.2, 0) is 4.74 Å². The van der Waals surface area contributed by atoms with Gasteiger partial charge in [-0.25, -0.2) is 9.59 Å². The van der Waals surface area contributed by atoms with Gasteiger partial charge in [0, 0.05) is 23.8 Å². The minimum absolute atomic E-state index is 0.310. The van der Waals surface area contributed by atoms with Gasteiger partial charge in [-0.1, -0.05) is 11.6 Å². The van der Waals surface area contributed by atoms with Crippen molar-refractivity contribution in [3.8, 4) is 0 Å². The molecule has 23 heavy (non-hydrogen) atoms. The minimum atomic E-state index is -1.12. The number of anilines is 1. The van der Waals surface area contributed by atoms with E-state index in [2.05, 4.69) is 0 Å². The molecular weight excluding hydrogens is 320 g/mol. The first kappa shape index (κ1) is 17.1. The van der Waals surface area contributed by atoms with Crippen molar-refractivity contribution in [1.29, 1.82) is 0 Å². The SMILES string of the molecule is CCN(C(=O)OC(C)(C)C)c1ccc2c(c1)c(Cl)cn2C(=O)O. The van der Waals surface area contributed by atoms with Crippen LogP contribution < -0.4 is 4.90 Å². The summed E-state index contributed by atoms with van der Waals surface area (Å²) in [6.07, 6.45) is -0.246. The van der Waals surface area contributed by atoms with Crippen molar-refractivity contribution < 1.29 is 19.4 Å². The molecule has 1 aromatic carbocycles. The molecule has 7 heteroatoms. The van der Waals surface area contributed by atoms with E-state index in [-0.39, 0.29) is 0 Å². The highest BCUT2D eigenvalue weighted by atomic mass is 35.5. The molecule has 0 atom stereocenters.